The van der Waals surface area contributed by atoms with Crippen molar-refractivity contribution < 1.29 is 27.1 Å². The Kier molecular flexibility index (Phi) is 10.6. The van der Waals surface area contributed by atoms with E-state index < -0.39 is 11.7 Å². The maximum absolute atomic E-state index is 14.2. The number of benzene rings is 2. The third-order valence-electron chi connectivity index (χ3n) is 9.32. The Bertz CT molecular complexity index is 1460. The molecule has 46 heavy (non-hydrogen) atoms. The van der Waals surface area contributed by atoms with Crippen molar-refractivity contribution in [2.45, 2.75) is 96.0 Å². The minimum atomic E-state index is -4.35. The number of rotatable bonds is 10. The standard InChI is InChI=1S/C36H46F4N4O2/c1-5-44-33(20-30(42-44)17-24-9-11-28(12-10-24)36(38,39)40)25-13-15-43(16-14-25)23-27-19-31(46-34(45)22-41-35(2,3)4)21-32(27)26-7-6-8-29(37)18-26/h6-12,18,20,25,27,31-32,41H,5,13-17,19,21-23H2,1-4H3/t27-,31+,32-/m1/s1. The van der Waals surface area contributed by atoms with Crippen LogP contribution in [0.4, 0.5) is 17.6 Å². The first kappa shape index (κ1) is 34.1. The SMILES string of the molecule is CCn1nc(Cc2ccc(C(F)(F)F)cc2)cc1C1CCN(C[C@H]2C[C@H](OC(=O)CNC(C)(C)C)C[C@@H]2c2cccc(F)c2)CC1. The Morgan fingerprint density at radius 2 is 1.74 bits per heavy atom. The topological polar surface area (TPSA) is 59.4 Å². The van der Waals surface area contributed by atoms with E-state index >= 15 is 0 Å². The zero-order chi connectivity index (χ0) is 33.1. The predicted molar refractivity (Wildman–Crippen MR) is 170 cm³/mol. The van der Waals surface area contributed by atoms with Crippen LogP contribution in [0.3, 0.4) is 0 Å². The molecule has 0 spiro atoms. The lowest BCUT2D eigenvalue weighted by atomic mass is 9.87. The fraction of sp³-hybridized carbons (Fsp3) is 0.556. The fourth-order valence-corrected chi connectivity index (χ4v) is 7.00. The number of likely N-dealkylation sites (tertiary alicyclic amines) is 1. The minimum absolute atomic E-state index is 0.107. The smallest absolute Gasteiger partial charge is 0.416 e. The fourth-order valence-electron chi connectivity index (χ4n) is 7.00. The molecule has 0 unspecified atom stereocenters. The Hall–Kier alpha value is -3.24. The molecular weight excluding hydrogens is 596 g/mol. The van der Waals surface area contributed by atoms with Crippen LogP contribution >= 0.6 is 0 Å². The first-order chi connectivity index (χ1) is 21.8. The number of ether oxygens (including phenoxy) is 1. The van der Waals surface area contributed by atoms with Gasteiger partial charge in [0.15, 0.2) is 0 Å². The summed E-state index contributed by atoms with van der Waals surface area (Å²) in [6.45, 7) is 11.7. The van der Waals surface area contributed by atoms with Gasteiger partial charge in [-0.1, -0.05) is 24.3 Å². The quantitative estimate of drug-likeness (QED) is 0.186. The van der Waals surface area contributed by atoms with Crippen LogP contribution in [0.15, 0.2) is 54.6 Å². The summed E-state index contributed by atoms with van der Waals surface area (Å²) in [5.41, 5.74) is 2.97. The highest BCUT2D eigenvalue weighted by Crippen LogP contribution is 2.42. The molecule has 2 heterocycles. The van der Waals surface area contributed by atoms with Crippen LogP contribution in [0.5, 0.6) is 0 Å². The van der Waals surface area contributed by atoms with E-state index in [1.807, 2.05) is 31.5 Å². The van der Waals surface area contributed by atoms with Gasteiger partial charge in [0.05, 0.1) is 17.8 Å². The van der Waals surface area contributed by atoms with Crippen LogP contribution in [0, 0.1) is 11.7 Å². The number of nitrogens with one attached hydrogen (secondary N) is 1. The molecule has 2 fully saturated rings. The van der Waals surface area contributed by atoms with E-state index in [2.05, 4.69) is 23.2 Å². The molecule has 1 aliphatic carbocycles. The molecule has 1 aliphatic heterocycles. The number of piperidine rings is 1. The molecular formula is C36H46F4N4O2. The monoisotopic (exact) mass is 642 g/mol. The molecule has 0 radical (unpaired) electrons. The van der Waals surface area contributed by atoms with Gasteiger partial charge in [-0.05, 0) is 120 Å². The summed E-state index contributed by atoms with van der Waals surface area (Å²) >= 11 is 0. The van der Waals surface area contributed by atoms with Crippen LogP contribution in [-0.4, -0.2) is 58.5 Å². The van der Waals surface area contributed by atoms with Crippen LogP contribution in [-0.2, 0) is 28.7 Å². The van der Waals surface area contributed by atoms with E-state index in [4.69, 9.17) is 9.84 Å². The van der Waals surface area contributed by atoms with Gasteiger partial charge in [-0.25, -0.2) is 4.39 Å². The highest BCUT2D eigenvalue weighted by molar-refractivity contribution is 5.72. The second kappa shape index (κ2) is 14.3. The predicted octanol–water partition coefficient (Wildman–Crippen LogP) is 7.32. The van der Waals surface area contributed by atoms with Gasteiger partial charge in [0.1, 0.15) is 11.9 Å². The average molecular weight is 643 g/mol. The Labute approximate surface area is 269 Å². The first-order valence-corrected chi connectivity index (χ1v) is 16.4. The molecule has 5 rings (SSSR count). The number of hydrogen-bond acceptors (Lipinski definition) is 5. The molecule has 250 valence electrons. The van der Waals surface area contributed by atoms with E-state index in [1.54, 1.807) is 12.1 Å². The molecule has 6 nitrogen and oxygen atoms in total. The largest absolute Gasteiger partial charge is 0.461 e. The summed E-state index contributed by atoms with van der Waals surface area (Å²) in [6.07, 6.45) is -0.688. The first-order valence-electron chi connectivity index (χ1n) is 16.4. The van der Waals surface area contributed by atoms with Crippen LogP contribution in [0.1, 0.15) is 93.3 Å². The van der Waals surface area contributed by atoms with E-state index in [1.165, 1.54) is 23.9 Å². The third kappa shape index (κ3) is 8.97. The number of hydrogen-bond donors (Lipinski definition) is 1. The summed E-state index contributed by atoms with van der Waals surface area (Å²) in [5, 5.41) is 7.98. The summed E-state index contributed by atoms with van der Waals surface area (Å²) in [5.74, 6) is 0.178. The molecule has 2 aromatic carbocycles. The third-order valence-corrected chi connectivity index (χ3v) is 9.32. The number of aromatic nitrogens is 2. The lowest BCUT2D eigenvalue weighted by molar-refractivity contribution is -0.148. The molecule has 3 atom stereocenters. The number of aryl methyl sites for hydroxylation is 1. The molecule has 3 aromatic rings. The molecule has 1 saturated heterocycles. The van der Waals surface area contributed by atoms with Crippen molar-refractivity contribution in [1.29, 1.82) is 0 Å². The lowest BCUT2D eigenvalue weighted by Gasteiger charge is -2.35. The van der Waals surface area contributed by atoms with E-state index in [0.717, 1.165) is 74.4 Å². The van der Waals surface area contributed by atoms with Gasteiger partial charge in [0, 0.05) is 36.7 Å². The zero-order valence-electron chi connectivity index (χ0n) is 27.2. The van der Waals surface area contributed by atoms with Crippen LogP contribution < -0.4 is 5.32 Å². The van der Waals surface area contributed by atoms with Gasteiger partial charge < -0.3 is 15.0 Å². The highest BCUT2D eigenvalue weighted by atomic mass is 19.4. The van der Waals surface area contributed by atoms with E-state index in [9.17, 15) is 22.4 Å². The van der Waals surface area contributed by atoms with Gasteiger partial charge in [-0.15, -0.1) is 0 Å². The molecule has 1 saturated carbocycles. The number of carbonyl (C=O) groups excluding carboxylic acids is 1. The van der Waals surface area contributed by atoms with Crippen molar-refractivity contribution in [2.24, 2.45) is 5.92 Å². The van der Waals surface area contributed by atoms with Crippen LogP contribution in [0.2, 0.25) is 0 Å². The van der Waals surface area contributed by atoms with Gasteiger partial charge in [0.25, 0.3) is 0 Å². The number of alkyl halides is 3. The summed E-state index contributed by atoms with van der Waals surface area (Å²) in [7, 11) is 0. The molecule has 10 heteroatoms. The summed E-state index contributed by atoms with van der Waals surface area (Å²) in [4.78, 5) is 15.1. The maximum Gasteiger partial charge on any atom is 0.416 e. The molecule has 2 aliphatic rings. The molecule has 0 amide bonds. The van der Waals surface area contributed by atoms with Crippen molar-refractivity contribution in [3.63, 3.8) is 0 Å². The van der Waals surface area contributed by atoms with Gasteiger partial charge in [-0.2, -0.15) is 18.3 Å². The van der Waals surface area contributed by atoms with Gasteiger partial charge in [0.2, 0.25) is 0 Å². The highest BCUT2D eigenvalue weighted by Gasteiger charge is 2.39. The number of nitrogens with zero attached hydrogens (tertiary/aromatic N) is 3. The summed E-state index contributed by atoms with van der Waals surface area (Å²) in [6, 6.07) is 14.2. The second-order valence-corrected chi connectivity index (χ2v) is 13.9. The maximum atomic E-state index is 14.2. The summed E-state index contributed by atoms with van der Waals surface area (Å²) < 4.78 is 61.1. The second-order valence-electron chi connectivity index (χ2n) is 13.9. The van der Waals surface area contributed by atoms with Crippen molar-refractivity contribution in [1.82, 2.24) is 20.0 Å². The van der Waals surface area contributed by atoms with E-state index in [-0.39, 0.29) is 41.8 Å². The number of esters is 1. The van der Waals surface area contributed by atoms with E-state index in [0.29, 0.717) is 18.8 Å². The van der Waals surface area contributed by atoms with Crippen molar-refractivity contribution in [3.8, 4) is 0 Å². The van der Waals surface area contributed by atoms with Gasteiger partial charge >= 0.3 is 12.1 Å². The van der Waals surface area contributed by atoms with Crippen LogP contribution in [0.25, 0.3) is 0 Å². The normalized spacial score (nSPS) is 21.5. The zero-order valence-corrected chi connectivity index (χ0v) is 27.2. The average Bonchev–Trinajstić information content (AvgIpc) is 3.59. The number of carbonyl (C=O) groups is 1. The van der Waals surface area contributed by atoms with Crippen molar-refractivity contribution in [3.05, 3.63) is 88.5 Å². The van der Waals surface area contributed by atoms with Crippen molar-refractivity contribution >= 4 is 5.97 Å². The Balaban J connectivity index is 1.20. The van der Waals surface area contributed by atoms with Gasteiger partial charge in [-0.3, -0.25) is 9.48 Å². The minimum Gasteiger partial charge on any atom is -0.461 e. The molecule has 0 bridgehead atoms. The Morgan fingerprint density at radius 1 is 1.02 bits per heavy atom. The lowest BCUT2D eigenvalue weighted by Crippen LogP contribution is -2.40. The number of halogens is 4. The molecule has 1 N–H and O–H groups in total. The molecule has 1 aromatic heterocycles. The Morgan fingerprint density at radius 3 is 2.37 bits per heavy atom. The van der Waals surface area contributed by atoms with Crippen molar-refractivity contribution in [2.75, 3.05) is 26.2 Å².